The number of aromatic nitrogens is 1. The van der Waals surface area contributed by atoms with E-state index in [2.05, 4.69) is 9.72 Å². The Kier molecular flexibility index (Phi) is 2.56. The topological polar surface area (TPSA) is 39.2 Å². The van der Waals surface area contributed by atoms with Crippen LogP contribution in [0, 0.1) is 12.7 Å². The van der Waals surface area contributed by atoms with Crippen molar-refractivity contribution in [1.82, 2.24) is 4.98 Å². The van der Waals surface area contributed by atoms with E-state index in [1.54, 1.807) is 6.07 Å². The Morgan fingerprint density at radius 1 is 1.38 bits per heavy atom. The van der Waals surface area contributed by atoms with Gasteiger partial charge in [-0.2, -0.15) is 0 Å². The van der Waals surface area contributed by atoms with Crippen LogP contribution in [0.15, 0.2) is 24.4 Å². The minimum absolute atomic E-state index is 0.203. The number of hydrogen-bond acceptors (Lipinski definition) is 3. The number of methoxy groups -OCH3 is 1. The Hall–Kier alpha value is -1.97. The van der Waals surface area contributed by atoms with Gasteiger partial charge in [0.2, 0.25) is 0 Å². The Labute approximate surface area is 91.9 Å². The fourth-order valence-electron chi connectivity index (χ4n) is 1.64. The lowest BCUT2D eigenvalue weighted by atomic mass is 10.1. The van der Waals surface area contributed by atoms with Crippen LogP contribution in [0.3, 0.4) is 0 Å². The molecule has 0 radical (unpaired) electrons. The second kappa shape index (κ2) is 3.89. The summed E-state index contributed by atoms with van der Waals surface area (Å²) in [4.78, 5) is 15.5. The van der Waals surface area contributed by atoms with Gasteiger partial charge in [0.25, 0.3) is 0 Å². The number of carbonyl (C=O) groups is 1. The molecular formula is C12H10FNO2. The summed E-state index contributed by atoms with van der Waals surface area (Å²) >= 11 is 0. The molecule has 0 unspecified atom stereocenters. The highest BCUT2D eigenvalue weighted by atomic mass is 19.1. The van der Waals surface area contributed by atoms with E-state index in [1.165, 1.54) is 25.4 Å². The zero-order chi connectivity index (χ0) is 11.7. The van der Waals surface area contributed by atoms with Gasteiger partial charge in [-0.3, -0.25) is 4.98 Å². The van der Waals surface area contributed by atoms with Crippen LogP contribution in [-0.2, 0) is 4.74 Å². The number of rotatable bonds is 1. The number of fused-ring (bicyclic) bond motifs is 1. The molecule has 0 saturated heterocycles. The molecule has 2 aromatic rings. The maximum absolute atomic E-state index is 13.7. The second-order valence-electron chi connectivity index (χ2n) is 3.44. The standard InChI is InChI=1S/C12H10FNO2/c1-7-3-4-9(13)10-8(12(15)16-2)5-6-14-11(7)10/h3-6H,1-2H3. The summed E-state index contributed by atoms with van der Waals surface area (Å²) in [6.07, 6.45) is 1.47. The Bertz CT molecular complexity index is 566. The molecule has 4 heteroatoms. The van der Waals surface area contributed by atoms with E-state index in [1.807, 2.05) is 6.92 Å². The van der Waals surface area contributed by atoms with Crippen LogP contribution in [0.4, 0.5) is 4.39 Å². The van der Waals surface area contributed by atoms with E-state index in [4.69, 9.17) is 0 Å². The molecule has 0 aliphatic heterocycles. The SMILES string of the molecule is COC(=O)c1ccnc2c(C)ccc(F)c12. The molecule has 1 aromatic carbocycles. The summed E-state index contributed by atoms with van der Waals surface area (Å²) in [7, 11) is 1.27. The average Bonchev–Trinajstić information content (AvgIpc) is 2.32. The van der Waals surface area contributed by atoms with Gasteiger partial charge in [0.15, 0.2) is 0 Å². The van der Waals surface area contributed by atoms with Crippen molar-refractivity contribution in [3.05, 3.63) is 41.3 Å². The zero-order valence-corrected chi connectivity index (χ0v) is 8.95. The number of pyridine rings is 1. The number of nitrogens with zero attached hydrogens (tertiary/aromatic N) is 1. The van der Waals surface area contributed by atoms with E-state index < -0.39 is 11.8 Å². The van der Waals surface area contributed by atoms with Crippen molar-refractivity contribution >= 4 is 16.9 Å². The van der Waals surface area contributed by atoms with Crippen molar-refractivity contribution in [3.63, 3.8) is 0 Å². The van der Waals surface area contributed by atoms with Gasteiger partial charge >= 0.3 is 5.97 Å². The minimum Gasteiger partial charge on any atom is -0.465 e. The van der Waals surface area contributed by atoms with Crippen LogP contribution in [0.25, 0.3) is 10.9 Å². The van der Waals surface area contributed by atoms with Crippen molar-refractivity contribution < 1.29 is 13.9 Å². The molecule has 0 atom stereocenters. The predicted octanol–water partition coefficient (Wildman–Crippen LogP) is 2.47. The molecule has 1 aromatic heterocycles. The largest absolute Gasteiger partial charge is 0.465 e. The van der Waals surface area contributed by atoms with E-state index in [-0.39, 0.29) is 10.9 Å². The third-order valence-electron chi connectivity index (χ3n) is 2.45. The number of benzene rings is 1. The molecule has 0 amide bonds. The number of halogens is 1. The van der Waals surface area contributed by atoms with Crippen molar-refractivity contribution in [1.29, 1.82) is 0 Å². The highest BCUT2D eigenvalue weighted by molar-refractivity contribution is 6.04. The summed E-state index contributed by atoms with van der Waals surface area (Å²) in [5, 5.41) is 0.217. The minimum atomic E-state index is -0.558. The molecule has 16 heavy (non-hydrogen) atoms. The predicted molar refractivity (Wildman–Crippen MR) is 57.8 cm³/mol. The van der Waals surface area contributed by atoms with Gasteiger partial charge in [-0.25, -0.2) is 9.18 Å². The lowest BCUT2D eigenvalue weighted by Crippen LogP contribution is -2.04. The molecule has 0 spiro atoms. The highest BCUT2D eigenvalue weighted by Crippen LogP contribution is 2.23. The number of carbonyl (C=O) groups excluding carboxylic acids is 1. The summed E-state index contributed by atoms with van der Waals surface area (Å²) < 4.78 is 18.3. The van der Waals surface area contributed by atoms with E-state index in [0.29, 0.717) is 5.52 Å². The molecule has 1 heterocycles. The lowest BCUT2D eigenvalue weighted by Gasteiger charge is -2.06. The monoisotopic (exact) mass is 219 g/mol. The van der Waals surface area contributed by atoms with Gasteiger partial charge in [-0.05, 0) is 24.6 Å². The third-order valence-corrected chi connectivity index (χ3v) is 2.45. The molecule has 2 rings (SSSR count). The number of aryl methyl sites for hydroxylation is 1. The summed E-state index contributed by atoms with van der Waals surface area (Å²) in [5.41, 5.74) is 1.51. The van der Waals surface area contributed by atoms with Gasteiger partial charge in [0.05, 0.1) is 23.6 Å². The third kappa shape index (κ3) is 1.52. The first kappa shape index (κ1) is 10.5. The smallest absolute Gasteiger partial charge is 0.338 e. The van der Waals surface area contributed by atoms with Gasteiger partial charge in [0, 0.05) is 6.20 Å². The first-order valence-corrected chi connectivity index (χ1v) is 4.77. The molecular weight excluding hydrogens is 209 g/mol. The molecule has 0 saturated carbocycles. The fraction of sp³-hybridized carbons (Fsp3) is 0.167. The lowest BCUT2D eigenvalue weighted by molar-refractivity contribution is 0.0602. The molecule has 0 N–H and O–H groups in total. The van der Waals surface area contributed by atoms with Gasteiger partial charge in [0.1, 0.15) is 5.82 Å². The average molecular weight is 219 g/mol. The molecule has 82 valence electrons. The molecule has 0 fully saturated rings. The van der Waals surface area contributed by atoms with E-state index in [9.17, 15) is 9.18 Å². The van der Waals surface area contributed by atoms with E-state index >= 15 is 0 Å². The quantitative estimate of drug-likeness (QED) is 0.691. The Morgan fingerprint density at radius 3 is 2.81 bits per heavy atom. The number of esters is 1. The maximum atomic E-state index is 13.7. The first-order valence-electron chi connectivity index (χ1n) is 4.77. The normalized spacial score (nSPS) is 10.4. The summed E-state index contributed by atoms with van der Waals surface area (Å²) in [5.74, 6) is -1.02. The van der Waals surface area contributed by atoms with Crippen LogP contribution in [0.5, 0.6) is 0 Å². The molecule has 3 nitrogen and oxygen atoms in total. The summed E-state index contributed by atoms with van der Waals surface area (Å²) in [6.45, 7) is 1.82. The van der Waals surface area contributed by atoms with Crippen LogP contribution in [0.2, 0.25) is 0 Å². The molecule has 0 aliphatic rings. The van der Waals surface area contributed by atoms with Crippen molar-refractivity contribution in [2.75, 3.05) is 7.11 Å². The second-order valence-corrected chi connectivity index (χ2v) is 3.44. The first-order chi connectivity index (χ1) is 7.65. The van der Waals surface area contributed by atoms with Crippen LogP contribution in [-0.4, -0.2) is 18.1 Å². The number of ether oxygens (including phenoxy) is 1. The highest BCUT2D eigenvalue weighted by Gasteiger charge is 2.15. The molecule has 0 aliphatic carbocycles. The van der Waals surface area contributed by atoms with Crippen LogP contribution in [0.1, 0.15) is 15.9 Å². The molecule has 0 bridgehead atoms. The number of hydrogen-bond donors (Lipinski definition) is 0. The summed E-state index contributed by atoms with van der Waals surface area (Å²) in [6, 6.07) is 4.41. The van der Waals surface area contributed by atoms with Gasteiger partial charge in [-0.1, -0.05) is 6.07 Å². The van der Waals surface area contributed by atoms with Crippen molar-refractivity contribution in [3.8, 4) is 0 Å². The Morgan fingerprint density at radius 2 is 2.12 bits per heavy atom. The maximum Gasteiger partial charge on any atom is 0.338 e. The Balaban J connectivity index is 2.86. The fourth-order valence-corrected chi connectivity index (χ4v) is 1.64. The van der Waals surface area contributed by atoms with Gasteiger partial charge < -0.3 is 4.74 Å². The zero-order valence-electron chi connectivity index (χ0n) is 8.95. The van der Waals surface area contributed by atoms with E-state index in [0.717, 1.165) is 5.56 Å². The van der Waals surface area contributed by atoms with Gasteiger partial charge in [-0.15, -0.1) is 0 Å². The van der Waals surface area contributed by atoms with Crippen molar-refractivity contribution in [2.24, 2.45) is 0 Å². The van der Waals surface area contributed by atoms with Crippen LogP contribution >= 0.6 is 0 Å². The van der Waals surface area contributed by atoms with Crippen LogP contribution < -0.4 is 0 Å². The van der Waals surface area contributed by atoms with Crippen molar-refractivity contribution in [2.45, 2.75) is 6.92 Å².